The van der Waals surface area contributed by atoms with Crippen LogP contribution in [-0.4, -0.2) is 9.13 Å². The summed E-state index contributed by atoms with van der Waals surface area (Å²) in [5, 5.41) is 11.7. The predicted molar refractivity (Wildman–Crippen MR) is 213 cm³/mol. The highest BCUT2D eigenvalue weighted by atomic mass is 15.0. The molecule has 11 rings (SSSR count). The van der Waals surface area contributed by atoms with Crippen molar-refractivity contribution in [3.8, 4) is 22.5 Å². The molecule has 0 saturated heterocycles. The number of rotatable bonds is 3. The number of fused-ring (bicyclic) bond motifs is 12. The summed E-state index contributed by atoms with van der Waals surface area (Å²) in [6.07, 6.45) is 6.75. The normalized spacial score (nSPS) is 13.0. The summed E-state index contributed by atoms with van der Waals surface area (Å²) >= 11 is 0. The molecule has 10 aromatic rings. The topological polar surface area (TPSA) is 9.86 Å². The van der Waals surface area contributed by atoms with Gasteiger partial charge in [-0.15, -0.1) is 0 Å². The SMILES string of the molecule is C1=Cc2c(n(-c3ccc4c(c3)c3ccccc3n4-c3ccc(-c4ccc5c6ccccc6c6ccccc6c5c4)cc3)c3ccccc23)CC1. The molecule has 0 bridgehead atoms. The highest BCUT2D eigenvalue weighted by Gasteiger charge is 2.20. The van der Waals surface area contributed by atoms with E-state index < -0.39 is 0 Å². The Kier molecular flexibility index (Phi) is 5.82. The smallest absolute Gasteiger partial charge is 0.0542 e. The van der Waals surface area contributed by atoms with Crippen LogP contribution in [-0.2, 0) is 6.42 Å². The second-order valence-corrected chi connectivity index (χ2v) is 13.6. The van der Waals surface area contributed by atoms with Crippen molar-refractivity contribution in [3.63, 3.8) is 0 Å². The summed E-state index contributed by atoms with van der Waals surface area (Å²) in [4.78, 5) is 0. The van der Waals surface area contributed by atoms with Gasteiger partial charge in [0.05, 0.1) is 16.6 Å². The summed E-state index contributed by atoms with van der Waals surface area (Å²) in [5.74, 6) is 0. The third kappa shape index (κ3) is 3.90. The van der Waals surface area contributed by atoms with E-state index in [1.54, 1.807) is 0 Å². The van der Waals surface area contributed by atoms with Gasteiger partial charge in [-0.2, -0.15) is 0 Å². The van der Waals surface area contributed by atoms with Gasteiger partial charge in [0.15, 0.2) is 0 Å². The highest BCUT2D eigenvalue weighted by Crippen LogP contribution is 2.40. The second kappa shape index (κ2) is 10.6. The van der Waals surface area contributed by atoms with Crippen molar-refractivity contribution in [2.45, 2.75) is 12.8 Å². The van der Waals surface area contributed by atoms with Crippen LogP contribution in [0.2, 0.25) is 0 Å². The Labute approximate surface area is 289 Å². The minimum Gasteiger partial charge on any atom is -0.313 e. The van der Waals surface area contributed by atoms with Crippen molar-refractivity contribution < 1.29 is 0 Å². The van der Waals surface area contributed by atoms with Crippen LogP contribution >= 0.6 is 0 Å². The van der Waals surface area contributed by atoms with Crippen LogP contribution in [0, 0.1) is 0 Å². The second-order valence-electron chi connectivity index (χ2n) is 13.6. The average Bonchev–Trinajstić information content (AvgIpc) is 3.70. The van der Waals surface area contributed by atoms with Crippen molar-refractivity contribution in [2.24, 2.45) is 0 Å². The Morgan fingerprint density at radius 1 is 0.360 bits per heavy atom. The van der Waals surface area contributed by atoms with Crippen LogP contribution in [0.4, 0.5) is 0 Å². The summed E-state index contributed by atoms with van der Waals surface area (Å²) in [6.45, 7) is 0. The van der Waals surface area contributed by atoms with Gasteiger partial charge in [-0.25, -0.2) is 0 Å². The lowest BCUT2D eigenvalue weighted by Crippen LogP contribution is -2.03. The zero-order chi connectivity index (χ0) is 32.8. The van der Waals surface area contributed by atoms with E-state index in [1.165, 1.54) is 98.8 Å². The Hall–Kier alpha value is -6.38. The predicted octanol–water partition coefficient (Wildman–Crippen LogP) is 12.8. The molecule has 50 heavy (non-hydrogen) atoms. The number of allylic oxidation sites excluding steroid dienone is 1. The average molecular weight is 637 g/mol. The molecule has 2 heteroatoms. The zero-order valence-corrected chi connectivity index (χ0v) is 27.5. The van der Waals surface area contributed by atoms with Gasteiger partial charge < -0.3 is 9.13 Å². The van der Waals surface area contributed by atoms with Gasteiger partial charge in [0.25, 0.3) is 0 Å². The lowest BCUT2D eigenvalue weighted by molar-refractivity contribution is 0.889. The maximum atomic E-state index is 2.49. The molecule has 0 radical (unpaired) electrons. The molecule has 0 fully saturated rings. The lowest BCUT2D eigenvalue weighted by atomic mass is 9.92. The molecule has 1 aliphatic carbocycles. The van der Waals surface area contributed by atoms with Crippen LogP contribution in [0.5, 0.6) is 0 Å². The van der Waals surface area contributed by atoms with E-state index >= 15 is 0 Å². The van der Waals surface area contributed by atoms with Crippen molar-refractivity contribution in [1.29, 1.82) is 0 Å². The van der Waals surface area contributed by atoms with Crippen LogP contribution in [0.25, 0.3) is 93.6 Å². The maximum Gasteiger partial charge on any atom is 0.0542 e. The Bertz CT molecular complexity index is 2990. The number of para-hydroxylation sites is 2. The molecule has 0 spiro atoms. The van der Waals surface area contributed by atoms with E-state index in [0.29, 0.717) is 0 Å². The first-order valence-electron chi connectivity index (χ1n) is 17.6. The first-order valence-corrected chi connectivity index (χ1v) is 17.6. The number of nitrogens with zero attached hydrogens (tertiary/aromatic N) is 2. The lowest BCUT2D eigenvalue weighted by Gasteiger charge is -2.14. The van der Waals surface area contributed by atoms with E-state index in [9.17, 15) is 0 Å². The maximum absolute atomic E-state index is 2.49. The van der Waals surface area contributed by atoms with Gasteiger partial charge in [0, 0.05) is 38.8 Å². The molecule has 0 unspecified atom stereocenters. The fourth-order valence-corrected chi connectivity index (χ4v) is 8.73. The molecule has 0 N–H and O–H groups in total. The summed E-state index contributed by atoms with van der Waals surface area (Å²) < 4.78 is 4.91. The van der Waals surface area contributed by atoms with Crippen LogP contribution in [0.1, 0.15) is 17.7 Å². The Morgan fingerprint density at radius 3 is 1.62 bits per heavy atom. The van der Waals surface area contributed by atoms with Gasteiger partial charge in [0.1, 0.15) is 0 Å². The largest absolute Gasteiger partial charge is 0.313 e. The van der Waals surface area contributed by atoms with Gasteiger partial charge in [0.2, 0.25) is 0 Å². The first-order chi connectivity index (χ1) is 24.8. The molecule has 0 saturated carbocycles. The van der Waals surface area contributed by atoms with Crippen molar-refractivity contribution >= 4 is 71.1 Å². The van der Waals surface area contributed by atoms with Crippen molar-refractivity contribution in [3.05, 3.63) is 175 Å². The van der Waals surface area contributed by atoms with Gasteiger partial charge in [-0.3, -0.25) is 0 Å². The molecule has 234 valence electrons. The number of hydrogen-bond donors (Lipinski definition) is 0. The monoisotopic (exact) mass is 636 g/mol. The number of hydrogen-bond acceptors (Lipinski definition) is 0. The number of aromatic nitrogens is 2. The summed E-state index contributed by atoms with van der Waals surface area (Å²) in [7, 11) is 0. The molecule has 2 nitrogen and oxygen atoms in total. The van der Waals surface area contributed by atoms with Crippen LogP contribution in [0.15, 0.2) is 164 Å². The Morgan fingerprint density at radius 2 is 0.900 bits per heavy atom. The Balaban J connectivity index is 1.05. The fraction of sp³-hybridized carbons (Fsp3) is 0.0417. The first kappa shape index (κ1) is 27.6. The molecule has 8 aromatic carbocycles. The summed E-state index contributed by atoms with van der Waals surface area (Å²) in [6, 6.07) is 58.3. The standard InChI is InChI=1S/C48H32N2/c1-2-13-37-35(11-1)36-12-3-4-14-38(36)43-29-32(23-27-39(37)43)31-21-24-33(25-22-31)49-47-20-10-7-17-42(47)44-30-34(26-28-48(44)49)50-45-18-8-5-15-40(45)41-16-6-9-19-46(41)50/h1-8,10-18,20-30H,9,19H2. The highest BCUT2D eigenvalue weighted by molar-refractivity contribution is 6.25. The van der Waals surface area contributed by atoms with Gasteiger partial charge in [-0.1, -0.05) is 121 Å². The van der Waals surface area contributed by atoms with Crippen LogP contribution < -0.4 is 0 Å². The van der Waals surface area contributed by atoms with Gasteiger partial charge in [-0.05, 0) is 105 Å². The number of benzene rings is 8. The van der Waals surface area contributed by atoms with E-state index in [4.69, 9.17) is 0 Å². The van der Waals surface area contributed by atoms with Crippen LogP contribution in [0.3, 0.4) is 0 Å². The molecule has 2 aromatic heterocycles. The quantitative estimate of drug-likeness (QED) is 0.171. The molecule has 1 aliphatic rings. The fourth-order valence-electron chi connectivity index (χ4n) is 8.73. The minimum atomic E-state index is 1.05. The molecule has 0 aliphatic heterocycles. The molecule has 0 amide bonds. The van der Waals surface area contributed by atoms with Crippen molar-refractivity contribution in [1.82, 2.24) is 9.13 Å². The molecular weight excluding hydrogens is 605 g/mol. The zero-order valence-electron chi connectivity index (χ0n) is 27.5. The van der Waals surface area contributed by atoms with Crippen molar-refractivity contribution in [2.75, 3.05) is 0 Å². The molecule has 2 heterocycles. The summed E-state index contributed by atoms with van der Waals surface area (Å²) in [5.41, 5.74) is 11.3. The van der Waals surface area contributed by atoms with E-state index in [2.05, 4.69) is 179 Å². The third-order valence-electron chi connectivity index (χ3n) is 11.0. The van der Waals surface area contributed by atoms with E-state index in [0.717, 1.165) is 12.8 Å². The third-order valence-corrected chi connectivity index (χ3v) is 11.0. The minimum absolute atomic E-state index is 1.05. The van der Waals surface area contributed by atoms with E-state index in [1.807, 2.05) is 0 Å². The van der Waals surface area contributed by atoms with E-state index in [-0.39, 0.29) is 0 Å². The molecule has 0 atom stereocenters. The molecular formula is C48H32N2. The van der Waals surface area contributed by atoms with Gasteiger partial charge >= 0.3 is 0 Å².